The lowest BCUT2D eigenvalue weighted by Gasteiger charge is -2.10. The molecule has 1 aliphatic carbocycles. The second-order valence-electron chi connectivity index (χ2n) is 6.18. The standard InChI is InChI=1S/C17H34S/c18-17-15-13-11-9-7-5-3-1-2-4-6-8-10-12-14-16-17/h17-18H,1-16H2. The van der Waals surface area contributed by atoms with Gasteiger partial charge in [0.15, 0.2) is 0 Å². The maximum atomic E-state index is 4.73. The van der Waals surface area contributed by atoms with Gasteiger partial charge in [0.1, 0.15) is 0 Å². The lowest BCUT2D eigenvalue weighted by molar-refractivity contribution is 0.538. The van der Waals surface area contributed by atoms with Gasteiger partial charge in [-0.05, 0) is 12.8 Å². The molecule has 0 unspecified atom stereocenters. The highest BCUT2D eigenvalue weighted by atomic mass is 32.1. The van der Waals surface area contributed by atoms with Gasteiger partial charge in [0.25, 0.3) is 0 Å². The van der Waals surface area contributed by atoms with E-state index in [1.54, 1.807) is 0 Å². The molecule has 18 heavy (non-hydrogen) atoms. The van der Waals surface area contributed by atoms with Crippen LogP contribution in [0.3, 0.4) is 0 Å². The third-order valence-corrected chi connectivity index (χ3v) is 4.84. The Labute approximate surface area is 121 Å². The molecule has 1 rings (SSSR count). The van der Waals surface area contributed by atoms with Crippen LogP contribution in [0, 0.1) is 0 Å². The molecule has 0 N–H and O–H groups in total. The summed E-state index contributed by atoms with van der Waals surface area (Å²) >= 11 is 4.73. The summed E-state index contributed by atoms with van der Waals surface area (Å²) in [5, 5.41) is 0.681. The third kappa shape index (κ3) is 10.3. The van der Waals surface area contributed by atoms with Crippen molar-refractivity contribution in [3.05, 3.63) is 0 Å². The summed E-state index contributed by atoms with van der Waals surface area (Å²) < 4.78 is 0. The van der Waals surface area contributed by atoms with Gasteiger partial charge in [-0.15, -0.1) is 0 Å². The lowest BCUT2D eigenvalue weighted by Crippen LogP contribution is -1.98. The molecule has 0 aromatic rings. The van der Waals surface area contributed by atoms with Gasteiger partial charge in [0, 0.05) is 5.25 Å². The van der Waals surface area contributed by atoms with E-state index in [1.807, 2.05) is 0 Å². The molecule has 0 bridgehead atoms. The predicted octanol–water partition coefficient (Wildman–Crippen LogP) is 6.54. The van der Waals surface area contributed by atoms with Crippen molar-refractivity contribution in [3.8, 4) is 0 Å². The smallest absolute Gasteiger partial charge is 0.00168 e. The van der Waals surface area contributed by atoms with Gasteiger partial charge < -0.3 is 0 Å². The van der Waals surface area contributed by atoms with Crippen molar-refractivity contribution in [1.29, 1.82) is 0 Å². The van der Waals surface area contributed by atoms with Gasteiger partial charge in [0.2, 0.25) is 0 Å². The Morgan fingerprint density at radius 3 is 0.889 bits per heavy atom. The number of hydrogen-bond acceptors (Lipinski definition) is 1. The minimum atomic E-state index is 0.681. The number of hydrogen-bond donors (Lipinski definition) is 1. The van der Waals surface area contributed by atoms with Crippen LogP contribution in [0.15, 0.2) is 0 Å². The quantitative estimate of drug-likeness (QED) is 0.475. The van der Waals surface area contributed by atoms with Crippen LogP contribution in [-0.2, 0) is 0 Å². The van der Waals surface area contributed by atoms with E-state index in [4.69, 9.17) is 12.6 Å². The fourth-order valence-electron chi connectivity index (χ4n) is 3.03. The summed E-state index contributed by atoms with van der Waals surface area (Å²) in [6, 6.07) is 0. The zero-order chi connectivity index (χ0) is 12.9. The topological polar surface area (TPSA) is 0 Å². The minimum absolute atomic E-state index is 0.681. The molecule has 0 amide bonds. The van der Waals surface area contributed by atoms with Crippen LogP contribution in [0.25, 0.3) is 0 Å². The van der Waals surface area contributed by atoms with Crippen LogP contribution in [0.5, 0.6) is 0 Å². The van der Waals surface area contributed by atoms with Crippen molar-refractivity contribution < 1.29 is 0 Å². The van der Waals surface area contributed by atoms with Crippen molar-refractivity contribution in [2.45, 2.75) is 108 Å². The molecule has 0 aromatic carbocycles. The summed E-state index contributed by atoms with van der Waals surface area (Å²) in [6.07, 6.45) is 23.1. The Morgan fingerprint density at radius 2 is 0.611 bits per heavy atom. The Balaban J connectivity index is 2.09. The molecule has 0 radical (unpaired) electrons. The summed E-state index contributed by atoms with van der Waals surface area (Å²) in [6.45, 7) is 0. The first-order valence-corrected chi connectivity index (χ1v) is 9.09. The first-order chi connectivity index (χ1) is 8.89. The Morgan fingerprint density at radius 1 is 0.389 bits per heavy atom. The molecule has 108 valence electrons. The predicted molar refractivity (Wildman–Crippen MR) is 86.6 cm³/mol. The first-order valence-electron chi connectivity index (χ1n) is 8.57. The second-order valence-corrected chi connectivity index (χ2v) is 6.91. The third-order valence-electron chi connectivity index (χ3n) is 4.32. The first kappa shape index (κ1) is 16.4. The van der Waals surface area contributed by atoms with Crippen LogP contribution in [0.4, 0.5) is 0 Å². The van der Waals surface area contributed by atoms with Gasteiger partial charge in [-0.25, -0.2) is 0 Å². The van der Waals surface area contributed by atoms with Gasteiger partial charge in [0.05, 0.1) is 0 Å². The molecule has 1 saturated carbocycles. The molecule has 1 fully saturated rings. The van der Waals surface area contributed by atoms with E-state index in [-0.39, 0.29) is 0 Å². The van der Waals surface area contributed by atoms with Crippen LogP contribution >= 0.6 is 12.6 Å². The molecule has 0 aromatic heterocycles. The Kier molecular flexibility index (Phi) is 11.3. The highest BCUT2D eigenvalue weighted by Crippen LogP contribution is 2.19. The monoisotopic (exact) mass is 270 g/mol. The van der Waals surface area contributed by atoms with Crippen molar-refractivity contribution >= 4 is 12.6 Å². The highest BCUT2D eigenvalue weighted by Gasteiger charge is 2.03. The van der Waals surface area contributed by atoms with E-state index in [9.17, 15) is 0 Å². The molecule has 0 spiro atoms. The molecule has 0 aliphatic heterocycles. The van der Waals surface area contributed by atoms with E-state index >= 15 is 0 Å². The minimum Gasteiger partial charge on any atom is -0.176 e. The summed E-state index contributed by atoms with van der Waals surface area (Å²) in [7, 11) is 0. The number of rotatable bonds is 0. The molecular formula is C17H34S. The van der Waals surface area contributed by atoms with Crippen LogP contribution in [0.1, 0.15) is 103 Å². The van der Waals surface area contributed by atoms with Gasteiger partial charge >= 0.3 is 0 Å². The average molecular weight is 271 g/mol. The summed E-state index contributed by atoms with van der Waals surface area (Å²) in [5.74, 6) is 0. The number of thiol groups is 1. The second kappa shape index (κ2) is 12.4. The molecular weight excluding hydrogens is 236 g/mol. The average Bonchev–Trinajstić information content (AvgIpc) is 2.37. The van der Waals surface area contributed by atoms with Gasteiger partial charge in [-0.2, -0.15) is 12.6 Å². The van der Waals surface area contributed by atoms with Crippen molar-refractivity contribution in [3.63, 3.8) is 0 Å². The van der Waals surface area contributed by atoms with Crippen LogP contribution in [-0.4, -0.2) is 5.25 Å². The largest absolute Gasteiger partial charge is 0.176 e. The molecule has 0 saturated heterocycles. The normalized spacial score (nSPS) is 24.5. The SMILES string of the molecule is SC1CCCCCCCCCCCCCCCC1. The van der Waals surface area contributed by atoms with Crippen LogP contribution < -0.4 is 0 Å². The maximum absolute atomic E-state index is 4.73. The molecule has 0 atom stereocenters. The summed E-state index contributed by atoms with van der Waals surface area (Å²) in [4.78, 5) is 0. The van der Waals surface area contributed by atoms with Crippen molar-refractivity contribution in [2.75, 3.05) is 0 Å². The van der Waals surface area contributed by atoms with E-state index in [0.29, 0.717) is 5.25 Å². The molecule has 1 heteroatoms. The zero-order valence-electron chi connectivity index (χ0n) is 12.3. The van der Waals surface area contributed by atoms with E-state index in [1.165, 1.54) is 103 Å². The summed E-state index contributed by atoms with van der Waals surface area (Å²) in [5.41, 5.74) is 0. The molecule has 0 heterocycles. The van der Waals surface area contributed by atoms with E-state index < -0.39 is 0 Å². The maximum Gasteiger partial charge on any atom is 0.00168 e. The van der Waals surface area contributed by atoms with Crippen LogP contribution in [0.2, 0.25) is 0 Å². The van der Waals surface area contributed by atoms with E-state index in [0.717, 1.165) is 0 Å². The van der Waals surface area contributed by atoms with Gasteiger partial charge in [-0.3, -0.25) is 0 Å². The Bertz CT molecular complexity index is 149. The molecule has 1 aliphatic rings. The lowest BCUT2D eigenvalue weighted by atomic mass is 10.0. The van der Waals surface area contributed by atoms with Crippen molar-refractivity contribution in [1.82, 2.24) is 0 Å². The molecule has 0 nitrogen and oxygen atoms in total. The van der Waals surface area contributed by atoms with Gasteiger partial charge in [-0.1, -0.05) is 89.9 Å². The zero-order valence-corrected chi connectivity index (χ0v) is 13.2. The fraction of sp³-hybridized carbons (Fsp3) is 1.00. The fourth-order valence-corrected chi connectivity index (χ4v) is 3.39. The Hall–Kier alpha value is 0.350. The highest BCUT2D eigenvalue weighted by molar-refractivity contribution is 7.80. The van der Waals surface area contributed by atoms with E-state index in [2.05, 4.69) is 0 Å². The van der Waals surface area contributed by atoms with Crippen molar-refractivity contribution in [2.24, 2.45) is 0 Å².